The summed E-state index contributed by atoms with van der Waals surface area (Å²) >= 11 is 0. The molecular formula is C24H28N2O6. The Balaban J connectivity index is 1.69. The minimum absolute atomic E-state index is 0.0633. The molecule has 0 fully saturated rings. The average molecular weight is 440 g/mol. The molecule has 32 heavy (non-hydrogen) atoms. The molecule has 1 aliphatic rings. The number of hydrogen-bond donors (Lipinski definition) is 2. The number of carbonyl (C=O) groups is 3. The number of carboxylic acids is 1. The largest absolute Gasteiger partial charge is 0.481 e. The van der Waals surface area contributed by atoms with Crippen LogP contribution >= 0.6 is 0 Å². The van der Waals surface area contributed by atoms with Gasteiger partial charge in [-0.05, 0) is 28.2 Å². The fraction of sp³-hybridized carbons (Fsp3) is 0.375. The molecule has 1 atom stereocenters. The summed E-state index contributed by atoms with van der Waals surface area (Å²) in [6.45, 7) is 4.11. The molecule has 1 unspecified atom stereocenters. The molecule has 0 aliphatic heterocycles. The van der Waals surface area contributed by atoms with Gasteiger partial charge in [0.25, 0.3) is 5.91 Å². The molecule has 0 radical (unpaired) electrons. The molecule has 2 N–H and O–H groups in total. The number of carbonyl (C=O) groups excluding carboxylic acids is 2. The van der Waals surface area contributed by atoms with E-state index in [1.54, 1.807) is 0 Å². The summed E-state index contributed by atoms with van der Waals surface area (Å²) in [4.78, 5) is 41.6. The Kier molecular flexibility index (Phi) is 7.48. The number of hydrogen-bond acceptors (Lipinski definition) is 5. The third-order valence-electron chi connectivity index (χ3n) is 5.31. The van der Waals surface area contributed by atoms with Crippen LogP contribution in [0.4, 0.5) is 4.79 Å². The van der Waals surface area contributed by atoms with Gasteiger partial charge in [-0.15, -0.1) is 0 Å². The molecule has 0 heterocycles. The predicted molar refractivity (Wildman–Crippen MR) is 118 cm³/mol. The van der Waals surface area contributed by atoms with Crippen molar-refractivity contribution < 1.29 is 29.1 Å². The lowest BCUT2D eigenvalue weighted by atomic mass is 9.98. The van der Waals surface area contributed by atoms with E-state index in [1.807, 2.05) is 62.4 Å². The van der Waals surface area contributed by atoms with Crippen molar-refractivity contribution in [3.63, 3.8) is 0 Å². The molecule has 0 bridgehead atoms. The van der Waals surface area contributed by atoms with Crippen LogP contribution in [0.3, 0.4) is 0 Å². The Hall–Kier alpha value is -3.39. The van der Waals surface area contributed by atoms with Crippen LogP contribution in [0.5, 0.6) is 0 Å². The second-order valence-corrected chi connectivity index (χ2v) is 8.10. The maximum atomic E-state index is 12.7. The number of alkyl carbamates (subject to hydrolysis) is 1. The van der Waals surface area contributed by atoms with Crippen molar-refractivity contribution in [1.82, 2.24) is 10.4 Å². The van der Waals surface area contributed by atoms with Crippen LogP contribution < -0.4 is 5.32 Å². The lowest BCUT2D eigenvalue weighted by Gasteiger charge is -2.26. The number of fused-ring (bicyclic) bond motifs is 3. The maximum absolute atomic E-state index is 12.7. The zero-order chi connectivity index (χ0) is 23.3. The van der Waals surface area contributed by atoms with Crippen LogP contribution in [0.25, 0.3) is 11.1 Å². The summed E-state index contributed by atoms with van der Waals surface area (Å²) < 4.78 is 5.44. The van der Waals surface area contributed by atoms with Crippen molar-refractivity contribution in [3.8, 4) is 11.1 Å². The molecule has 8 heteroatoms. The van der Waals surface area contributed by atoms with Crippen LogP contribution in [0.2, 0.25) is 0 Å². The molecule has 2 amide bonds. The van der Waals surface area contributed by atoms with E-state index in [9.17, 15) is 19.5 Å². The number of hydroxylamine groups is 2. The first-order valence-corrected chi connectivity index (χ1v) is 10.5. The minimum Gasteiger partial charge on any atom is -0.481 e. The van der Waals surface area contributed by atoms with E-state index in [2.05, 4.69) is 5.32 Å². The fourth-order valence-corrected chi connectivity index (χ4v) is 3.92. The van der Waals surface area contributed by atoms with Crippen molar-refractivity contribution in [3.05, 3.63) is 59.7 Å². The second-order valence-electron chi connectivity index (χ2n) is 8.10. The first-order chi connectivity index (χ1) is 15.3. The Morgan fingerprint density at radius 3 is 2.09 bits per heavy atom. The second kappa shape index (κ2) is 10.3. The number of benzene rings is 2. The van der Waals surface area contributed by atoms with Gasteiger partial charge in [0.1, 0.15) is 12.6 Å². The first kappa shape index (κ1) is 23.3. The summed E-state index contributed by atoms with van der Waals surface area (Å²) in [5, 5.41) is 12.7. The van der Waals surface area contributed by atoms with E-state index in [4.69, 9.17) is 9.57 Å². The standard InChI is InChI=1S/C24H28N2O6/c1-15(2)13-26(31-3)23(29)21(12-22(27)28)25-24(30)32-14-20-18-10-6-4-8-16(18)17-9-5-7-11-19(17)20/h4-11,15,20-21H,12-14H2,1-3H3,(H,25,30)(H,27,28). The Bertz CT molecular complexity index is 944. The van der Waals surface area contributed by atoms with Crippen molar-refractivity contribution in [2.24, 2.45) is 5.92 Å². The first-order valence-electron chi connectivity index (χ1n) is 10.5. The Morgan fingerprint density at radius 2 is 1.59 bits per heavy atom. The minimum atomic E-state index is -1.30. The van der Waals surface area contributed by atoms with Gasteiger partial charge in [0.05, 0.1) is 20.1 Å². The van der Waals surface area contributed by atoms with Gasteiger partial charge in [-0.1, -0.05) is 62.4 Å². The highest BCUT2D eigenvalue weighted by Gasteiger charge is 2.32. The zero-order valence-electron chi connectivity index (χ0n) is 18.4. The Morgan fingerprint density at radius 1 is 1.03 bits per heavy atom. The number of nitrogens with zero attached hydrogens (tertiary/aromatic N) is 1. The number of nitrogens with one attached hydrogen (secondary N) is 1. The van der Waals surface area contributed by atoms with Crippen molar-refractivity contribution >= 4 is 18.0 Å². The van der Waals surface area contributed by atoms with E-state index in [1.165, 1.54) is 7.11 Å². The van der Waals surface area contributed by atoms with Crippen LogP contribution in [-0.4, -0.2) is 54.4 Å². The van der Waals surface area contributed by atoms with E-state index in [0.717, 1.165) is 27.3 Å². The topological polar surface area (TPSA) is 105 Å². The predicted octanol–water partition coefficient (Wildman–Crippen LogP) is 3.41. The summed E-state index contributed by atoms with van der Waals surface area (Å²) in [6.07, 6.45) is -1.44. The van der Waals surface area contributed by atoms with Gasteiger partial charge in [-0.3, -0.25) is 14.4 Å². The lowest BCUT2D eigenvalue weighted by molar-refractivity contribution is -0.181. The van der Waals surface area contributed by atoms with E-state index in [-0.39, 0.29) is 25.0 Å². The maximum Gasteiger partial charge on any atom is 0.407 e. The van der Waals surface area contributed by atoms with Gasteiger partial charge in [-0.25, -0.2) is 9.86 Å². The number of carboxylic acid groups (broad SMARTS) is 1. The normalized spacial score (nSPS) is 13.2. The number of ether oxygens (including phenoxy) is 1. The van der Waals surface area contributed by atoms with Gasteiger partial charge in [0.2, 0.25) is 0 Å². The monoisotopic (exact) mass is 440 g/mol. The highest BCUT2D eigenvalue weighted by molar-refractivity contribution is 5.88. The molecule has 0 aromatic heterocycles. The molecule has 0 spiro atoms. The third-order valence-corrected chi connectivity index (χ3v) is 5.31. The van der Waals surface area contributed by atoms with Gasteiger partial charge >= 0.3 is 12.1 Å². The van der Waals surface area contributed by atoms with Gasteiger partial charge < -0.3 is 15.2 Å². The molecule has 2 aromatic rings. The smallest absolute Gasteiger partial charge is 0.407 e. The van der Waals surface area contributed by atoms with Crippen molar-refractivity contribution in [2.45, 2.75) is 32.2 Å². The summed E-state index contributed by atoms with van der Waals surface area (Å²) in [6, 6.07) is 14.6. The quantitative estimate of drug-likeness (QED) is 0.579. The molecule has 170 valence electrons. The van der Waals surface area contributed by atoms with Gasteiger partial charge in [0, 0.05) is 5.92 Å². The van der Waals surface area contributed by atoms with Crippen LogP contribution in [0.15, 0.2) is 48.5 Å². The Labute approximate surface area is 187 Å². The highest BCUT2D eigenvalue weighted by Crippen LogP contribution is 2.44. The number of rotatable bonds is 9. The highest BCUT2D eigenvalue weighted by atomic mass is 16.7. The van der Waals surface area contributed by atoms with Crippen LogP contribution in [0.1, 0.15) is 37.3 Å². The molecular weight excluding hydrogens is 412 g/mol. The summed E-state index contributed by atoms with van der Waals surface area (Å²) in [5.41, 5.74) is 4.31. The van der Waals surface area contributed by atoms with Crippen molar-refractivity contribution in [1.29, 1.82) is 0 Å². The average Bonchev–Trinajstić information content (AvgIpc) is 3.08. The molecule has 3 rings (SSSR count). The van der Waals surface area contributed by atoms with E-state index >= 15 is 0 Å². The van der Waals surface area contributed by atoms with Crippen LogP contribution in [0, 0.1) is 5.92 Å². The van der Waals surface area contributed by atoms with E-state index in [0.29, 0.717) is 0 Å². The lowest BCUT2D eigenvalue weighted by Crippen LogP contribution is -2.50. The number of aliphatic carboxylic acids is 1. The third kappa shape index (κ3) is 5.26. The SMILES string of the molecule is CON(CC(C)C)C(=O)C(CC(=O)O)NC(=O)OCC1c2ccccc2-c2ccccc21. The summed E-state index contributed by atoms with van der Waals surface area (Å²) in [7, 11) is 1.32. The number of amides is 2. The van der Waals surface area contributed by atoms with Crippen molar-refractivity contribution in [2.75, 3.05) is 20.3 Å². The zero-order valence-corrected chi connectivity index (χ0v) is 18.4. The molecule has 0 saturated heterocycles. The molecule has 8 nitrogen and oxygen atoms in total. The van der Waals surface area contributed by atoms with Gasteiger partial charge in [-0.2, -0.15) is 0 Å². The molecule has 1 aliphatic carbocycles. The van der Waals surface area contributed by atoms with E-state index < -0.39 is 30.4 Å². The molecule has 2 aromatic carbocycles. The molecule has 0 saturated carbocycles. The van der Waals surface area contributed by atoms with Crippen LogP contribution in [-0.2, 0) is 19.2 Å². The summed E-state index contributed by atoms with van der Waals surface area (Å²) in [5.74, 6) is -1.91. The van der Waals surface area contributed by atoms with Gasteiger partial charge in [0.15, 0.2) is 0 Å². The fourth-order valence-electron chi connectivity index (χ4n) is 3.92.